The molecule has 3 amide bonds. The molecule has 2 saturated carbocycles. The van der Waals surface area contributed by atoms with Gasteiger partial charge in [0, 0.05) is 25.8 Å². The predicted molar refractivity (Wildman–Crippen MR) is 138 cm³/mol. The van der Waals surface area contributed by atoms with Gasteiger partial charge in [-0.3, -0.25) is 19.2 Å². The Morgan fingerprint density at radius 3 is 2.00 bits per heavy atom. The predicted octanol–water partition coefficient (Wildman–Crippen LogP) is 5.14. The van der Waals surface area contributed by atoms with Gasteiger partial charge >= 0.3 is 0 Å². The van der Waals surface area contributed by atoms with Gasteiger partial charge in [0.2, 0.25) is 0 Å². The molecule has 0 aromatic heterocycles. The summed E-state index contributed by atoms with van der Waals surface area (Å²) in [5.41, 5.74) is 0.653. The number of carbonyl (C=O) groups is 4. The van der Waals surface area contributed by atoms with Gasteiger partial charge in [0.1, 0.15) is 6.04 Å². The van der Waals surface area contributed by atoms with Crippen molar-refractivity contribution in [2.45, 2.75) is 35.5 Å². The fourth-order valence-electron chi connectivity index (χ4n) is 5.91. The third kappa shape index (κ3) is 3.89. The summed E-state index contributed by atoms with van der Waals surface area (Å²) >= 11 is 13.4. The van der Waals surface area contributed by atoms with Crippen molar-refractivity contribution < 1.29 is 19.2 Å². The highest BCUT2D eigenvalue weighted by Gasteiger charge is 2.68. The molecule has 35 heavy (non-hydrogen) atoms. The topological polar surface area (TPSA) is 74.8 Å². The maximum absolute atomic E-state index is 13.9. The molecule has 182 valence electrons. The molecule has 2 bridgehead atoms. The van der Waals surface area contributed by atoms with Crippen LogP contribution in [0.3, 0.4) is 0 Å². The highest BCUT2D eigenvalue weighted by Crippen LogP contribution is 2.60. The molecular weight excluding hydrogens is 600 g/mol. The molecule has 0 spiro atoms. The van der Waals surface area contributed by atoms with Crippen molar-refractivity contribution in [2.24, 2.45) is 23.7 Å². The monoisotopic (exact) mass is 620 g/mol. The van der Waals surface area contributed by atoms with Crippen LogP contribution in [0.1, 0.15) is 40.5 Å². The number of hydrogen-bond acceptors (Lipinski definition) is 4. The Balaban J connectivity index is 1.58. The van der Waals surface area contributed by atoms with Gasteiger partial charge in [-0.25, -0.2) is 5.01 Å². The summed E-state index contributed by atoms with van der Waals surface area (Å²) in [6.45, 7) is 1.77. The van der Waals surface area contributed by atoms with Crippen molar-refractivity contribution in [3.05, 3.63) is 70.7 Å². The average molecular weight is 623 g/mol. The Labute approximate surface area is 225 Å². The number of fused-ring (bicyclic) bond motifs is 5. The Hall–Kier alpha value is -2.03. The first-order valence-electron chi connectivity index (χ1n) is 11.6. The lowest BCUT2D eigenvalue weighted by Gasteiger charge is -2.36. The van der Waals surface area contributed by atoms with Crippen LogP contribution in [0, 0.1) is 23.7 Å². The zero-order chi connectivity index (χ0) is 25.0. The molecule has 3 fully saturated rings. The number of alkyl halides is 2. The summed E-state index contributed by atoms with van der Waals surface area (Å²) < 4.78 is 0. The van der Waals surface area contributed by atoms with Crippen LogP contribution in [0.5, 0.6) is 0 Å². The van der Waals surface area contributed by atoms with Gasteiger partial charge in [-0.2, -0.15) is 5.01 Å². The van der Waals surface area contributed by atoms with Gasteiger partial charge < -0.3 is 0 Å². The molecule has 9 heteroatoms. The second kappa shape index (κ2) is 9.45. The van der Waals surface area contributed by atoms with Gasteiger partial charge in [-0.15, -0.1) is 0 Å². The van der Waals surface area contributed by atoms with E-state index in [1.54, 1.807) is 49.4 Å². The Kier molecular flexibility index (Phi) is 6.66. The first-order valence-corrected chi connectivity index (χ1v) is 13.8. The van der Waals surface area contributed by atoms with E-state index in [9.17, 15) is 19.2 Å². The number of rotatable bonds is 6. The molecule has 2 aromatic rings. The summed E-state index contributed by atoms with van der Waals surface area (Å²) in [5, 5.41) is 2.53. The summed E-state index contributed by atoms with van der Waals surface area (Å²) in [6.07, 6.45) is 1.01. The second-order valence-corrected chi connectivity index (χ2v) is 11.9. The molecule has 0 N–H and O–H groups in total. The number of Topliss-reactive ketones (excluding diaryl/α,β-unsaturated/α-hetero) is 1. The minimum atomic E-state index is -1.02. The van der Waals surface area contributed by atoms with Gasteiger partial charge in [0.15, 0.2) is 5.78 Å². The molecule has 0 unspecified atom stereocenters. The Morgan fingerprint density at radius 2 is 1.49 bits per heavy atom. The van der Waals surface area contributed by atoms with E-state index in [4.69, 9.17) is 11.6 Å². The number of imide groups is 1. The van der Waals surface area contributed by atoms with E-state index in [1.807, 2.05) is 0 Å². The van der Waals surface area contributed by atoms with Crippen molar-refractivity contribution >= 4 is 67.0 Å². The van der Waals surface area contributed by atoms with Crippen LogP contribution in [0.25, 0.3) is 0 Å². The number of hydrazine groups is 1. The molecule has 1 aliphatic heterocycles. The van der Waals surface area contributed by atoms with Crippen LogP contribution >= 0.6 is 43.5 Å². The summed E-state index contributed by atoms with van der Waals surface area (Å²) in [6, 6.07) is 13.8. The van der Waals surface area contributed by atoms with Gasteiger partial charge in [-0.1, -0.05) is 80.7 Å². The first-order chi connectivity index (χ1) is 16.8. The molecule has 1 heterocycles. The standard InChI is InChI=1S/C26H23Br2ClN2O4/c1-2-18(23(32)13-6-4-3-5-7-13)30(24(33)14-8-10-15(29)11-9-14)31-25(34)19-16-12-17(20(19)26(31)35)22(28)21(16)27/h3-11,16-22H,2,12H2,1H3/t16-,17-,18-,19-,20-,21+,22+/m1/s1. The van der Waals surface area contributed by atoms with Crippen LogP contribution in [0.2, 0.25) is 5.02 Å². The SMILES string of the molecule is CC[C@H](C(=O)c1ccccc1)N(C(=O)c1ccc(Cl)cc1)N1C(=O)[C@@H]2[C@H]3C[C@@H]([C@H](Br)[C@H]3Br)[C@H]2C1=O. The van der Waals surface area contributed by atoms with Crippen LogP contribution in [0.15, 0.2) is 54.6 Å². The van der Waals surface area contributed by atoms with E-state index >= 15 is 0 Å². The normalized spacial score (nSPS) is 29.9. The number of hydrogen-bond donors (Lipinski definition) is 0. The van der Waals surface area contributed by atoms with Crippen LogP contribution in [-0.4, -0.2) is 49.2 Å². The molecule has 1 saturated heterocycles. The molecule has 2 aromatic carbocycles. The molecule has 6 nitrogen and oxygen atoms in total. The highest BCUT2D eigenvalue weighted by molar-refractivity contribution is 9.12. The molecule has 5 rings (SSSR count). The van der Waals surface area contributed by atoms with E-state index in [0.717, 1.165) is 16.4 Å². The number of amides is 3. The Morgan fingerprint density at radius 1 is 0.943 bits per heavy atom. The Bertz CT molecular complexity index is 1160. The number of carbonyl (C=O) groups excluding carboxylic acids is 4. The van der Waals surface area contributed by atoms with Gasteiger partial charge in [-0.05, 0) is 48.9 Å². The van der Waals surface area contributed by atoms with Crippen molar-refractivity contribution in [1.29, 1.82) is 0 Å². The fourth-order valence-corrected chi connectivity index (χ4v) is 7.91. The minimum Gasteiger partial charge on any atom is -0.292 e. The van der Waals surface area contributed by atoms with Crippen LogP contribution < -0.4 is 0 Å². The number of nitrogens with zero attached hydrogens (tertiary/aromatic N) is 2. The van der Waals surface area contributed by atoms with Gasteiger partial charge in [0.25, 0.3) is 17.7 Å². The average Bonchev–Trinajstić information content (AvgIpc) is 3.48. The van der Waals surface area contributed by atoms with Crippen LogP contribution in [0.4, 0.5) is 0 Å². The smallest absolute Gasteiger partial charge is 0.273 e. The lowest BCUT2D eigenvalue weighted by Crippen LogP contribution is -2.57. The molecule has 7 atom stereocenters. The number of halogens is 3. The quantitative estimate of drug-likeness (QED) is 0.254. The minimum absolute atomic E-state index is 0.00629. The summed E-state index contributed by atoms with van der Waals surface area (Å²) in [7, 11) is 0. The summed E-state index contributed by atoms with van der Waals surface area (Å²) in [5.74, 6) is -2.74. The van der Waals surface area contributed by atoms with Crippen molar-refractivity contribution in [3.8, 4) is 0 Å². The molecule has 0 radical (unpaired) electrons. The zero-order valence-corrected chi connectivity index (χ0v) is 22.7. The molecule has 2 aliphatic carbocycles. The second-order valence-electron chi connectivity index (χ2n) is 9.30. The lowest BCUT2D eigenvalue weighted by molar-refractivity contribution is -0.157. The van der Waals surface area contributed by atoms with E-state index in [-0.39, 0.29) is 39.3 Å². The lowest BCUT2D eigenvalue weighted by atomic mass is 9.81. The van der Waals surface area contributed by atoms with E-state index in [2.05, 4.69) is 31.9 Å². The van der Waals surface area contributed by atoms with Crippen molar-refractivity contribution in [3.63, 3.8) is 0 Å². The first kappa shape index (κ1) is 24.7. The van der Waals surface area contributed by atoms with Crippen LogP contribution in [-0.2, 0) is 9.59 Å². The molecule has 3 aliphatic rings. The van der Waals surface area contributed by atoms with E-state index in [0.29, 0.717) is 10.6 Å². The zero-order valence-electron chi connectivity index (χ0n) is 18.8. The number of benzene rings is 2. The largest absolute Gasteiger partial charge is 0.292 e. The third-order valence-electron chi connectivity index (χ3n) is 7.52. The van der Waals surface area contributed by atoms with E-state index < -0.39 is 35.6 Å². The molecular formula is C26H23Br2ClN2O4. The van der Waals surface area contributed by atoms with Crippen molar-refractivity contribution in [1.82, 2.24) is 10.0 Å². The fraction of sp³-hybridized carbons (Fsp3) is 0.385. The highest BCUT2D eigenvalue weighted by atomic mass is 79.9. The number of ketones is 1. The van der Waals surface area contributed by atoms with Crippen molar-refractivity contribution in [2.75, 3.05) is 0 Å². The maximum atomic E-state index is 13.9. The van der Waals surface area contributed by atoms with E-state index in [1.165, 1.54) is 12.1 Å². The summed E-state index contributed by atoms with van der Waals surface area (Å²) in [4.78, 5) is 55.2. The maximum Gasteiger partial charge on any atom is 0.273 e. The van der Waals surface area contributed by atoms with Gasteiger partial charge in [0.05, 0.1) is 11.8 Å². The third-order valence-corrected chi connectivity index (χ3v) is 11.0.